The largest absolute Gasteiger partial charge is 0.489 e. The zero-order valence-corrected chi connectivity index (χ0v) is 19.3. The zero-order valence-electron chi connectivity index (χ0n) is 19.3. The number of carbonyl (C=O) groups is 2. The summed E-state index contributed by atoms with van der Waals surface area (Å²) in [6.45, 7) is 9.17. The molecular weight excluding hydrogens is 404 g/mol. The number of rotatable bonds is 4. The highest BCUT2D eigenvalue weighted by Gasteiger charge is 2.46. The Kier molecular flexibility index (Phi) is 6.13. The lowest BCUT2D eigenvalue weighted by molar-refractivity contribution is -0.132. The molecule has 2 heterocycles. The van der Waals surface area contributed by atoms with Crippen LogP contribution in [-0.2, 0) is 16.1 Å². The number of hydrogen-bond acceptors (Lipinski definition) is 4. The van der Waals surface area contributed by atoms with Gasteiger partial charge in [-0.2, -0.15) is 0 Å². The summed E-state index contributed by atoms with van der Waals surface area (Å²) in [5.74, 6) is 0.957. The fourth-order valence-corrected chi connectivity index (χ4v) is 4.65. The van der Waals surface area contributed by atoms with Crippen LogP contribution in [0.15, 0.2) is 48.5 Å². The van der Waals surface area contributed by atoms with Crippen LogP contribution in [0, 0.1) is 6.92 Å². The van der Waals surface area contributed by atoms with Crippen molar-refractivity contribution >= 4 is 12.0 Å². The van der Waals surface area contributed by atoms with Crippen molar-refractivity contribution in [2.45, 2.75) is 64.8 Å². The summed E-state index contributed by atoms with van der Waals surface area (Å²) in [4.78, 5) is 29.2. The van der Waals surface area contributed by atoms with Crippen molar-refractivity contribution in [1.82, 2.24) is 9.80 Å². The number of hydrogen-bond donors (Lipinski definition) is 0. The van der Waals surface area contributed by atoms with Crippen LogP contribution in [0.4, 0.5) is 4.79 Å². The van der Waals surface area contributed by atoms with E-state index in [9.17, 15) is 9.59 Å². The molecule has 2 saturated heterocycles. The summed E-state index contributed by atoms with van der Waals surface area (Å²) in [5, 5.41) is 0. The van der Waals surface area contributed by atoms with E-state index in [-0.39, 0.29) is 24.1 Å². The molecule has 6 nitrogen and oxygen atoms in total. The van der Waals surface area contributed by atoms with E-state index >= 15 is 0 Å². The Hall–Kier alpha value is -3.02. The summed E-state index contributed by atoms with van der Waals surface area (Å²) in [7, 11) is 0. The fourth-order valence-electron chi connectivity index (χ4n) is 4.65. The lowest BCUT2D eigenvalue weighted by Crippen LogP contribution is -2.56. The van der Waals surface area contributed by atoms with Crippen molar-refractivity contribution in [1.29, 1.82) is 0 Å². The molecule has 0 radical (unpaired) electrons. The molecule has 2 aliphatic heterocycles. The second-order valence-corrected chi connectivity index (χ2v) is 9.60. The molecule has 0 spiro atoms. The van der Waals surface area contributed by atoms with Gasteiger partial charge in [0.2, 0.25) is 5.91 Å². The first-order valence-electron chi connectivity index (χ1n) is 11.3. The molecule has 0 aliphatic carbocycles. The summed E-state index contributed by atoms with van der Waals surface area (Å²) in [5.41, 5.74) is 2.61. The van der Waals surface area contributed by atoms with Crippen molar-refractivity contribution in [3.8, 4) is 5.75 Å². The van der Waals surface area contributed by atoms with E-state index < -0.39 is 5.60 Å². The Morgan fingerprint density at radius 2 is 1.84 bits per heavy atom. The number of carbonyl (C=O) groups excluding carboxylic acids is 2. The van der Waals surface area contributed by atoms with E-state index in [0.29, 0.717) is 26.1 Å². The summed E-state index contributed by atoms with van der Waals surface area (Å²) in [6.07, 6.45) is 0.945. The van der Waals surface area contributed by atoms with Crippen molar-refractivity contribution in [2.75, 3.05) is 13.1 Å². The first kappa shape index (κ1) is 22.2. The Bertz CT molecular complexity index is 983. The molecule has 2 aromatic rings. The normalized spacial score (nSPS) is 20.8. The molecule has 2 aliphatic rings. The van der Waals surface area contributed by atoms with Crippen LogP contribution >= 0.6 is 0 Å². The molecular formula is C26H32N2O4. The van der Waals surface area contributed by atoms with E-state index in [4.69, 9.17) is 9.47 Å². The van der Waals surface area contributed by atoms with Crippen LogP contribution < -0.4 is 4.74 Å². The lowest BCUT2D eigenvalue weighted by Gasteiger charge is -2.45. The molecule has 2 amide bonds. The predicted octanol–water partition coefficient (Wildman–Crippen LogP) is 4.86. The van der Waals surface area contributed by atoms with E-state index in [1.807, 2.05) is 81.1 Å². The van der Waals surface area contributed by atoms with Crippen LogP contribution in [-0.4, -0.2) is 46.5 Å². The van der Waals surface area contributed by atoms with Gasteiger partial charge in [0, 0.05) is 19.5 Å². The van der Waals surface area contributed by atoms with Gasteiger partial charge in [0.25, 0.3) is 0 Å². The highest BCUT2D eigenvalue weighted by atomic mass is 16.6. The number of ether oxygens (including phenoxy) is 2. The maximum atomic E-state index is 13.1. The molecule has 2 fully saturated rings. The van der Waals surface area contributed by atoms with Crippen LogP contribution in [0.5, 0.6) is 5.75 Å². The molecule has 0 aromatic heterocycles. The number of aryl methyl sites for hydroxylation is 1. The number of piperazine rings is 1. The van der Waals surface area contributed by atoms with Crippen molar-refractivity contribution < 1.29 is 19.1 Å². The highest BCUT2D eigenvalue weighted by Crippen LogP contribution is 2.40. The average Bonchev–Trinajstić information content (AvgIpc) is 3.12. The minimum atomic E-state index is -0.575. The van der Waals surface area contributed by atoms with E-state index in [1.165, 1.54) is 0 Å². The zero-order chi connectivity index (χ0) is 22.9. The Balaban J connectivity index is 1.59. The SMILES string of the molecule is Cc1cc(OCc2ccccc2)ccc1C1C2CCC(=O)N2CCN1C(=O)OC(C)(C)C. The molecule has 2 atom stereocenters. The minimum Gasteiger partial charge on any atom is -0.489 e. The second-order valence-electron chi connectivity index (χ2n) is 9.60. The third kappa shape index (κ3) is 4.74. The van der Waals surface area contributed by atoms with Gasteiger partial charge < -0.3 is 14.4 Å². The van der Waals surface area contributed by atoms with Gasteiger partial charge in [0.05, 0.1) is 12.1 Å². The summed E-state index contributed by atoms with van der Waals surface area (Å²) < 4.78 is 11.7. The van der Waals surface area contributed by atoms with Gasteiger partial charge in [0.15, 0.2) is 0 Å². The van der Waals surface area contributed by atoms with Crippen LogP contribution in [0.1, 0.15) is 56.3 Å². The van der Waals surface area contributed by atoms with E-state index in [1.54, 1.807) is 4.90 Å². The predicted molar refractivity (Wildman–Crippen MR) is 122 cm³/mol. The van der Waals surface area contributed by atoms with Gasteiger partial charge >= 0.3 is 6.09 Å². The standard InChI is InChI=1S/C26H32N2O4/c1-18-16-20(31-17-19-8-6-5-7-9-19)10-11-21(18)24-22-12-13-23(29)27(22)14-15-28(24)25(30)32-26(2,3)4/h5-11,16,22,24H,12-15,17H2,1-4H3. The molecule has 170 valence electrons. The second kappa shape index (κ2) is 8.85. The maximum Gasteiger partial charge on any atom is 0.410 e. The highest BCUT2D eigenvalue weighted by molar-refractivity contribution is 5.80. The van der Waals surface area contributed by atoms with E-state index in [0.717, 1.165) is 28.9 Å². The number of benzene rings is 2. The summed E-state index contributed by atoms with van der Waals surface area (Å²) >= 11 is 0. The van der Waals surface area contributed by atoms with Crippen LogP contribution in [0.2, 0.25) is 0 Å². The van der Waals surface area contributed by atoms with Crippen molar-refractivity contribution in [3.63, 3.8) is 0 Å². The lowest BCUT2D eigenvalue weighted by atomic mass is 9.91. The monoisotopic (exact) mass is 436 g/mol. The Morgan fingerprint density at radius 1 is 1.09 bits per heavy atom. The van der Waals surface area contributed by atoms with Crippen LogP contribution in [0.3, 0.4) is 0 Å². The minimum absolute atomic E-state index is 0.0291. The smallest absolute Gasteiger partial charge is 0.410 e. The Morgan fingerprint density at radius 3 is 2.53 bits per heavy atom. The van der Waals surface area contributed by atoms with Crippen LogP contribution in [0.25, 0.3) is 0 Å². The number of nitrogens with zero attached hydrogens (tertiary/aromatic N) is 2. The van der Waals surface area contributed by atoms with E-state index in [2.05, 4.69) is 0 Å². The molecule has 0 saturated carbocycles. The topological polar surface area (TPSA) is 59.1 Å². The molecule has 0 N–H and O–H groups in total. The fraction of sp³-hybridized carbons (Fsp3) is 0.462. The average molecular weight is 437 g/mol. The molecule has 0 bridgehead atoms. The van der Waals surface area contributed by atoms with Gasteiger partial charge in [0.1, 0.15) is 18.0 Å². The first-order chi connectivity index (χ1) is 15.2. The van der Waals surface area contributed by atoms with Gasteiger partial charge in [-0.25, -0.2) is 4.79 Å². The molecule has 32 heavy (non-hydrogen) atoms. The quantitative estimate of drug-likeness (QED) is 0.687. The number of fused-ring (bicyclic) bond motifs is 1. The maximum absolute atomic E-state index is 13.1. The van der Waals surface area contributed by atoms with Gasteiger partial charge in [-0.05, 0) is 62.9 Å². The van der Waals surface area contributed by atoms with Crippen molar-refractivity contribution in [2.24, 2.45) is 0 Å². The number of amides is 2. The third-order valence-corrected chi connectivity index (χ3v) is 6.09. The molecule has 2 unspecified atom stereocenters. The summed E-state index contributed by atoms with van der Waals surface area (Å²) in [6, 6.07) is 15.8. The van der Waals surface area contributed by atoms with Crippen molar-refractivity contribution in [3.05, 3.63) is 65.2 Å². The van der Waals surface area contributed by atoms with Gasteiger partial charge in [-0.3, -0.25) is 9.69 Å². The molecule has 6 heteroatoms. The third-order valence-electron chi connectivity index (χ3n) is 6.09. The first-order valence-corrected chi connectivity index (χ1v) is 11.3. The van der Waals surface area contributed by atoms with Gasteiger partial charge in [-0.1, -0.05) is 36.4 Å². The van der Waals surface area contributed by atoms with Gasteiger partial charge in [-0.15, -0.1) is 0 Å². The molecule has 2 aromatic carbocycles. The Labute approximate surface area is 190 Å². The molecule has 4 rings (SSSR count).